The number of benzene rings is 3. The zero-order chi connectivity index (χ0) is 28.5. The van der Waals surface area contributed by atoms with Gasteiger partial charge < -0.3 is 10.0 Å². The first-order chi connectivity index (χ1) is 19.4. The van der Waals surface area contributed by atoms with Gasteiger partial charge >= 0.3 is 5.97 Å². The molecule has 0 fully saturated rings. The summed E-state index contributed by atoms with van der Waals surface area (Å²) < 4.78 is 0. The summed E-state index contributed by atoms with van der Waals surface area (Å²) in [4.78, 5) is 20.9. The second-order valence-electron chi connectivity index (χ2n) is 10.6. The molecule has 0 aliphatic heterocycles. The van der Waals surface area contributed by atoms with E-state index >= 15 is 0 Å². The van der Waals surface area contributed by atoms with Gasteiger partial charge in [-0.2, -0.15) is 0 Å². The number of carboxylic acid groups (broad SMARTS) is 1. The Hall–Kier alpha value is -3.48. The van der Waals surface area contributed by atoms with Gasteiger partial charge in [0.05, 0.1) is 12.2 Å². The van der Waals surface area contributed by atoms with Gasteiger partial charge in [-0.15, -0.1) is 11.3 Å². The minimum Gasteiger partial charge on any atom is -0.480 e. The summed E-state index contributed by atoms with van der Waals surface area (Å²) in [6, 6.07) is 26.3. The molecule has 4 aromatic rings. The van der Waals surface area contributed by atoms with E-state index < -0.39 is 12.0 Å². The molecule has 0 amide bonds. The number of carbonyl (C=O) groups is 1. The molecule has 5 nitrogen and oxygen atoms in total. The van der Waals surface area contributed by atoms with E-state index in [0.29, 0.717) is 12.5 Å². The fraction of sp³-hybridized carbons (Fsp3) is 0.353. The van der Waals surface area contributed by atoms with E-state index in [0.717, 1.165) is 34.1 Å². The number of nitrogens with zero attached hydrogens (tertiary/aromatic N) is 3. The van der Waals surface area contributed by atoms with Crippen LogP contribution in [-0.4, -0.2) is 35.1 Å². The zero-order valence-corrected chi connectivity index (χ0v) is 24.9. The van der Waals surface area contributed by atoms with Crippen LogP contribution in [0.15, 0.2) is 84.2 Å². The molecule has 3 aromatic carbocycles. The normalized spacial score (nSPS) is 12.2. The number of carboxylic acids is 1. The number of hydrogen-bond acceptors (Lipinski definition) is 5. The van der Waals surface area contributed by atoms with Gasteiger partial charge in [0.2, 0.25) is 0 Å². The smallest absolute Gasteiger partial charge is 0.325 e. The van der Waals surface area contributed by atoms with Gasteiger partial charge in [0.1, 0.15) is 11.0 Å². The molecule has 0 bridgehead atoms. The highest BCUT2D eigenvalue weighted by Gasteiger charge is 2.25. The topological polar surface area (TPSA) is 56.7 Å². The van der Waals surface area contributed by atoms with Crippen molar-refractivity contribution < 1.29 is 9.90 Å². The van der Waals surface area contributed by atoms with E-state index in [1.54, 1.807) is 11.3 Å². The van der Waals surface area contributed by atoms with Gasteiger partial charge in [-0.25, -0.2) is 4.98 Å². The Labute approximate surface area is 243 Å². The fourth-order valence-corrected chi connectivity index (χ4v) is 6.23. The molecule has 1 heterocycles. The first-order valence-electron chi connectivity index (χ1n) is 14.2. The van der Waals surface area contributed by atoms with Crippen molar-refractivity contribution in [2.75, 3.05) is 19.0 Å². The number of anilines is 1. The zero-order valence-electron chi connectivity index (χ0n) is 24.1. The lowest BCUT2D eigenvalue weighted by atomic mass is 9.90. The summed E-state index contributed by atoms with van der Waals surface area (Å²) in [6.45, 7) is 5.86. The number of aromatic nitrogens is 1. The molecule has 1 aromatic heterocycles. The maximum atomic E-state index is 12.0. The molecule has 0 spiro atoms. The van der Waals surface area contributed by atoms with Crippen LogP contribution in [0.5, 0.6) is 0 Å². The summed E-state index contributed by atoms with van der Waals surface area (Å²) in [6.07, 6.45) is 4.97. The fourth-order valence-electron chi connectivity index (χ4n) is 5.36. The number of rotatable bonds is 14. The Balaban J connectivity index is 1.37. The van der Waals surface area contributed by atoms with Gasteiger partial charge in [-0.05, 0) is 54.6 Å². The molecule has 0 saturated heterocycles. The van der Waals surface area contributed by atoms with Gasteiger partial charge in [0.15, 0.2) is 0 Å². The lowest BCUT2D eigenvalue weighted by Gasteiger charge is -2.24. The second-order valence-corrected chi connectivity index (χ2v) is 11.6. The first-order valence-corrected chi connectivity index (χ1v) is 15.1. The van der Waals surface area contributed by atoms with E-state index in [9.17, 15) is 9.90 Å². The Kier molecular flexibility index (Phi) is 10.5. The van der Waals surface area contributed by atoms with Crippen LogP contribution in [-0.2, 0) is 17.9 Å². The van der Waals surface area contributed by atoms with E-state index in [-0.39, 0.29) is 0 Å². The van der Waals surface area contributed by atoms with Crippen molar-refractivity contribution in [1.82, 2.24) is 9.88 Å². The van der Waals surface area contributed by atoms with Gasteiger partial charge in [-0.3, -0.25) is 9.69 Å². The Morgan fingerprint density at radius 2 is 1.50 bits per heavy atom. The van der Waals surface area contributed by atoms with E-state index in [1.165, 1.54) is 36.8 Å². The monoisotopic (exact) mass is 555 g/mol. The Bertz CT molecular complexity index is 1330. The first kappa shape index (κ1) is 29.5. The molecule has 0 saturated carbocycles. The summed E-state index contributed by atoms with van der Waals surface area (Å²) in [5, 5.41) is 12.8. The van der Waals surface area contributed by atoms with Crippen molar-refractivity contribution >= 4 is 23.0 Å². The molecular formula is C34H41N3O2S. The van der Waals surface area contributed by atoms with Crippen LogP contribution in [0.3, 0.4) is 0 Å². The van der Waals surface area contributed by atoms with Crippen molar-refractivity contribution in [2.45, 2.75) is 64.6 Å². The number of thiazole rings is 1. The maximum Gasteiger partial charge on any atom is 0.325 e. The number of hydrogen-bond donors (Lipinski definition) is 1. The van der Waals surface area contributed by atoms with E-state index in [4.69, 9.17) is 4.98 Å². The Morgan fingerprint density at radius 1 is 0.850 bits per heavy atom. The molecule has 40 heavy (non-hydrogen) atoms. The molecular weight excluding hydrogens is 514 g/mol. The van der Waals surface area contributed by atoms with Crippen LogP contribution in [0, 0.1) is 0 Å². The van der Waals surface area contributed by atoms with Gasteiger partial charge in [0, 0.05) is 30.2 Å². The average Bonchev–Trinajstić information content (AvgIpc) is 3.42. The van der Waals surface area contributed by atoms with E-state index in [2.05, 4.69) is 74.3 Å². The quantitative estimate of drug-likeness (QED) is 0.169. The molecule has 210 valence electrons. The third-order valence-electron chi connectivity index (χ3n) is 7.48. The summed E-state index contributed by atoms with van der Waals surface area (Å²) in [5.74, 6) is -0.193. The predicted octanol–water partition coefficient (Wildman–Crippen LogP) is 8.39. The highest BCUT2D eigenvalue weighted by atomic mass is 32.1. The lowest BCUT2D eigenvalue weighted by molar-refractivity contribution is -0.143. The average molecular weight is 556 g/mol. The van der Waals surface area contributed by atoms with Crippen molar-refractivity contribution in [2.24, 2.45) is 0 Å². The van der Waals surface area contributed by atoms with Crippen molar-refractivity contribution in [3.05, 3.63) is 106 Å². The second kappa shape index (κ2) is 14.2. The summed E-state index contributed by atoms with van der Waals surface area (Å²) in [5.41, 5.74) is 6.67. The number of aliphatic carboxylic acids is 1. The largest absolute Gasteiger partial charge is 0.480 e. The lowest BCUT2D eigenvalue weighted by Crippen LogP contribution is -2.30. The van der Waals surface area contributed by atoms with Crippen LogP contribution in [0.2, 0.25) is 0 Å². The minimum absolute atomic E-state index is 0.466. The minimum atomic E-state index is -0.863. The summed E-state index contributed by atoms with van der Waals surface area (Å²) >= 11 is 1.56. The molecule has 0 aliphatic carbocycles. The predicted molar refractivity (Wildman–Crippen MR) is 167 cm³/mol. The van der Waals surface area contributed by atoms with Gasteiger partial charge in [0.25, 0.3) is 0 Å². The van der Waals surface area contributed by atoms with Crippen molar-refractivity contribution in [1.29, 1.82) is 0 Å². The van der Waals surface area contributed by atoms with Crippen LogP contribution in [0.25, 0.3) is 11.3 Å². The van der Waals surface area contributed by atoms with Crippen LogP contribution >= 0.6 is 11.3 Å². The van der Waals surface area contributed by atoms with Crippen LogP contribution in [0.4, 0.5) is 5.69 Å². The van der Waals surface area contributed by atoms with Crippen LogP contribution in [0.1, 0.15) is 73.2 Å². The molecule has 0 unspecified atom stereocenters. The summed E-state index contributed by atoms with van der Waals surface area (Å²) in [7, 11) is 3.96. The third kappa shape index (κ3) is 7.58. The maximum absolute atomic E-state index is 12.0. The molecule has 0 aliphatic rings. The molecule has 6 heteroatoms. The van der Waals surface area contributed by atoms with Crippen LogP contribution < -0.4 is 4.90 Å². The molecule has 0 radical (unpaired) electrons. The SMILES string of the molecule is CCCC(CCC)c1ccc(CN(C)c2ccc(-c3csc(CN(C)[C@H](C(=O)O)c4ccccc4)n3)cc2)cc1. The van der Waals surface area contributed by atoms with Crippen molar-refractivity contribution in [3.8, 4) is 11.3 Å². The van der Waals surface area contributed by atoms with Gasteiger partial charge in [-0.1, -0.05) is 93.4 Å². The molecule has 1 atom stereocenters. The highest BCUT2D eigenvalue weighted by Crippen LogP contribution is 2.29. The van der Waals surface area contributed by atoms with Crippen molar-refractivity contribution in [3.63, 3.8) is 0 Å². The number of likely N-dealkylation sites (N-methyl/N-ethyl adjacent to an activating group) is 1. The van der Waals surface area contributed by atoms with E-state index in [1.807, 2.05) is 47.7 Å². The Morgan fingerprint density at radius 3 is 2.10 bits per heavy atom. The standard InChI is InChI=1S/C34H41N3O2S/c1-5-10-26(11-6-2)27-16-14-25(15-17-27)22-36(3)30-20-18-28(19-21-30)31-24-40-32(35-31)23-37(4)33(34(38)39)29-12-8-7-9-13-29/h7-9,12-21,24,26,33H,5-6,10-11,22-23H2,1-4H3,(H,38,39)/t33-/m0/s1. The molecule has 4 rings (SSSR count). The molecule has 1 N–H and O–H groups in total. The highest BCUT2D eigenvalue weighted by molar-refractivity contribution is 7.09. The third-order valence-corrected chi connectivity index (χ3v) is 8.31.